The Hall–Kier alpha value is -2.63. The van der Waals surface area contributed by atoms with Crippen LogP contribution in [0, 0.1) is 0 Å². The van der Waals surface area contributed by atoms with Crippen molar-refractivity contribution in [1.29, 1.82) is 0 Å². The standard InChI is InChI=1S/C16H18N2O4/c1-17-15(20)12-7-4-11(5-8-12)6-9-14(19)18-10-2-3-13(18)16(21)22/h4-9,13H,2-3,10H2,1H3,(H,17,20)(H,21,22)/b9-6+. The molecule has 0 spiro atoms. The van der Waals surface area contributed by atoms with E-state index in [1.54, 1.807) is 37.4 Å². The van der Waals surface area contributed by atoms with Crippen LogP contribution in [0.2, 0.25) is 0 Å². The topological polar surface area (TPSA) is 86.7 Å². The lowest BCUT2D eigenvalue weighted by molar-refractivity contribution is -0.146. The van der Waals surface area contributed by atoms with Gasteiger partial charge in [-0.25, -0.2) is 4.79 Å². The molecule has 1 heterocycles. The molecular weight excluding hydrogens is 284 g/mol. The predicted molar refractivity (Wildman–Crippen MR) is 81.2 cm³/mol. The Morgan fingerprint density at radius 1 is 1.27 bits per heavy atom. The van der Waals surface area contributed by atoms with Gasteiger partial charge in [-0.3, -0.25) is 9.59 Å². The lowest BCUT2D eigenvalue weighted by atomic mass is 10.1. The molecule has 1 atom stereocenters. The molecule has 0 aromatic heterocycles. The van der Waals surface area contributed by atoms with Crippen LogP contribution in [0.15, 0.2) is 30.3 Å². The molecule has 6 heteroatoms. The zero-order chi connectivity index (χ0) is 16.1. The van der Waals surface area contributed by atoms with Gasteiger partial charge in [-0.15, -0.1) is 0 Å². The van der Waals surface area contributed by atoms with Gasteiger partial charge in [-0.2, -0.15) is 0 Å². The van der Waals surface area contributed by atoms with Gasteiger partial charge in [-0.1, -0.05) is 12.1 Å². The molecular formula is C16H18N2O4. The molecule has 0 bridgehead atoms. The molecule has 22 heavy (non-hydrogen) atoms. The van der Waals surface area contributed by atoms with Gasteiger partial charge in [0.25, 0.3) is 5.91 Å². The van der Waals surface area contributed by atoms with Gasteiger partial charge in [0.1, 0.15) is 6.04 Å². The number of amides is 2. The van der Waals surface area contributed by atoms with E-state index >= 15 is 0 Å². The summed E-state index contributed by atoms with van der Waals surface area (Å²) in [6.45, 7) is 0.468. The highest BCUT2D eigenvalue weighted by Crippen LogP contribution is 2.18. The number of carboxylic acids is 1. The van der Waals surface area contributed by atoms with E-state index in [0.717, 1.165) is 5.56 Å². The van der Waals surface area contributed by atoms with Gasteiger partial charge in [0, 0.05) is 25.2 Å². The van der Waals surface area contributed by atoms with E-state index in [2.05, 4.69) is 5.32 Å². The molecule has 2 amide bonds. The monoisotopic (exact) mass is 302 g/mol. The largest absolute Gasteiger partial charge is 0.480 e. The fourth-order valence-electron chi connectivity index (χ4n) is 2.44. The summed E-state index contributed by atoms with van der Waals surface area (Å²) in [6, 6.07) is 6.06. The highest BCUT2D eigenvalue weighted by molar-refractivity contribution is 5.96. The van der Waals surface area contributed by atoms with Crippen molar-refractivity contribution in [3.05, 3.63) is 41.5 Å². The first-order valence-electron chi connectivity index (χ1n) is 7.06. The smallest absolute Gasteiger partial charge is 0.326 e. The Kier molecular flexibility index (Phi) is 4.93. The van der Waals surface area contributed by atoms with Crippen molar-refractivity contribution in [2.24, 2.45) is 0 Å². The van der Waals surface area contributed by atoms with Crippen molar-refractivity contribution in [1.82, 2.24) is 10.2 Å². The van der Waals surface area contributed by atoms with E-state index in [1.807, 2.05) is 0 Å². The number of carbonyl (C=O) groups excluding carboxylic acids is 2. The number of hydrogen-bond donors (Lipinski definition) is 2. The Morgan fingerprint density at radius 2 is 1.95 bits per heavy atom. The molecule has 2 N–H and O–H groups in total. The zero-order valence-electron chi connectivity index (χ0n) is 12.3. The first-order valence-corrected chi connectivity index (χ1v) is 7.06. The number of carbonyl (C=O) groups is 3. The average Bonchev–Trinajstić information content (AvgIpc) is 3.02. The van der Waals surface area contributed by atoms with Crippen molar-refractivity contribution in [2.45, 2.75) is 18.9 Å². The van der Waals surface area contributed by atoms with Gasteiger partial charge in [0.15, 0.2) is 0 Å². The van der Waals surface area contributed by atoms with E-state index < -0.39 is 12.0 Å². The van der Waals surface area contributed by atoms with Crippen LogP contribution in [0.3, 0.4) is 0 Å². The zero-order valence-corrected chi connectivity index (χ0v) is 12.3. The molecule has 1 saturated heterocycles. The van der Waals surface area contributed by atoms with Crippen molar-refractivity contribution in [2.75, 3.05) is 13.6 Å². The molecule has 1 fully saturated rings. The summed E-state index contributed by atoms with van der Waals surface area (Å²) in [5.74, 6) is -1.44. The first-order chi connectivity index (χ1) is 10.5. The highest BCUT2D eigenvalue weighted by Gasteiger charge is 2.32. The van der Waals surface area contributed by atoms with Gasteiger partial charge in [-0.05, 0) is 36.6 Å². The maximum atomic E-state index is 12.1. The number of rotatable bonds is 4. The van der Waals surface area contributed by atoms with Gasteiger partial charge >= 0.3 is 5.97 Å². The fraction of sp³-hybridized carbons (Fsp3) is 0.312. The van der Waals surface area contributed by atoms with Gasteiger partial charge < -0.3 is 15.3 Å². The lowest BCUT2D eigenvalue weighted by Crippen LogP contribution is -2.39. The van der Waals surface area contributed by atoms with Crippen LogP contribution >= 0.6 is 0 Å². The number of likely N-dealkylation sites (tertiary alicyclic amines) is 1. The second-order valence-electron chi connectivity index (χ2n) is 5.06. The molecule has 6 nitrogen and oxygen atoms in total. The van der Waals surface area contributed by atoms with Crippen LogP contribution in [0.5, 0.6) is 0 Å². The quantitative estimate of drug-likeness (QED) is 0.816. The van der Waals surface area contributed by atoms with Crippen LogP contribution in [0.4, 0.5) is 0 Å². The van der Waals surface area contributed by atoms with Crippen LogP contribution in [0.25, 0.3) is 6.08 Å². The summed E-state index contributed by atoms with van der Waals surface area (Å²) in [7, 11) is 1.56. The average molecular weight is 302 g/mol. The molecule has 1 aromatic carbocycles. The fourth-order valence-corrected chi connectivity index (χ4v) is 2.44. The van der Waals surface area contributed by atoms with Crippen LogP contribution in [0.1, 0.15) is 28.8 Å². The number of benzene rings is 1. The Labute approximate surface area is 128 Å². The Balaban J connectivity index is 2.03. The molecule has 0 aliphatic carbocycles. The minimum absolute atomic E-state index is 0.173. The third-order valence-electron chi connectivity index (χ3n) is 3.64. The summed E-state index contributed by atoms with van der Waals surface area (Å²) in [5, 5.41) is 11.6. The number of nitrogens with one attached hydrogen (secondary N) is 1. The van der Waals surface area contributed by atoms with Crippen molar-refractivity contribution < 1.29 is 19.5 Å². The minimum atomic E-state index is -0.964. The Morgan fingerprint density at radius 3 is 2.55 bits per heavy atom. The third kappa shape index (κ3) is 3.52. The molecule has 116 valence electrons. The number of nitrogens with zero attached hydrogens (tertiary/aromatic N) is 1. The van der Waals surface area contributed by atoms with Crippen LogP contribution in [-0.4, -0.2) is 47.4 Å². The van der Waals surface area contributed by atoms with Gasteiger partial charge in [0.05, 0.1) is 0 Å². The molecule has 0 saturated carbocycles. The maximum absolute atomic E-state index is 12.1. The lowest BCUT2D eigenvalue weighted by Gasteiger charge is -2.19. The van der Waals surface area contributed by atoms with E-state index in [4.69, 9.17) is 5.11 Å². The molecule has 1 aliphatic rings. The van der Waals surface area contributed by atoms with Crippen molar-refractivity contribution in [3.63, 3.8) is 0 Å². The first kappa shape index (κ1) is 15.8. The van der Waals surface area contributed by atoms with Crippen LogP contribution < -0.4 is 5.32 Å². The summed E-state index contributed by atoms with van der Waals surface area (Å²) in [6.07, 6.45) is 4.19. The van der Waals surface area contributed by atoms with Crippen molar-refractivity contribution >= 4 is 23.9 Å². The minimum Gasteiger partial charge on any atom is -0.480 e. The van der Waals surface area contributed by atoms with Gasteiger partial charge in [0.2, 0.25) is 5.91 Å². The van der Waals surface area contributed by atoms with E-state index in [0.29, 0.717) is 24.9 Å². The van der Waals surface area contributed by atoms with Crippen molar-refractivity contribution in [3.8, 4) is 0 Å². The van der Waals surface area contributed by atoms with Crippen LogP contribution in [-0.2, 0) is 9.59 Å². The van der Waals surface area contributed by atoms with E-state index in [9.17, 15) is 14.4 Å². The summed E-state index contributed by atoms with van der Waals surface area (Å²) >= 11 is 0. The second kappa shape index (κ2) is 6.89. The normalized spacial score (nSPS) is 17.7. The summed E-state index contributed by atoms with van der Waals surface area (Å²) in [4.78, 5) is 35.9. The Bertz CT molecular complexity index is 607. The van der Waals surface area contributed by atoms with E-state index in [-0.39, 0.29) is 11.8 Å². The summed E-state index contributed by atoms with van der Waals surface area (Å²) in [5.41, 5.74) is 1.31. The number of aliphatic carboxylic acids is 1. The highest BCUT2D eigenvalue weighted by atomic mass is 16.4. The number of carboxylic acid groups (broad SMARTS) is 1. The maximum Gasteiger partial charge on any atom is 0.326 e. The molecule has 1 aromatic rings. The second-order valence-corrected chi connectivity index (χ2v) is 5.06. The summed E-state index contributed by atoms with van der Waals surface area (Å²) < 4.78 is 0. The number of hydrogen-bond acceptors (Lipinski definition) is 3. The predicted octanol–water partition coefficient (Wildman–Crippen LogP) is 1.13. The molecule has 0 radical (unpaired) electrons. The van der Waals surface area contributed by atoms with E-state index in [1.165, 1.54) is 11.0 Å². The SMILES string of the molecule is CNC(=O)c1ccc(/C=C/C(=O)N2CCCC2C(=O)O)cc1. The third-order valence-corrected chi connectivity index (χ3v) is 3.64. The molecule has 2 rings (SSSR count). The molecule has 1 aliphatic heterocycles. The molecule has 1 unspecified atom stereocenters.